The van der Waals surface area contributed by atoms with E-state index in [1.54, 1.807) is 23.1 Å². The van der Waals surface area contributed by atoms with Crippen LogP contribution in [-0.2, 0) is 0 Å². The van der Waals surface area contributed by atoms with E-state index in [2.05, 4.69) is 10.4 Å². The second-order valence-electron chi connectivity index (χ2n) is 4.89. The van der Waals surface area contributed by atoms with Crippen LogP contribution in [0.1, 0.15) is 31.7 Å². The highest BCUT2D eigenvalue weighted by molar-refractivity contribution is 5.74. The first-order valence-corrected chi connectivity index (χ1v) is 6.56. The number of halogens is 3. The van der Waals surface area contributed by atoms with Crippen LogP contribution in [0.2, 0.25) is 0 Å². The van der Waals surface area contributed by atoms with Crippen LogP contribution in [0.5, 0.6) is 0 Å². The van der Waals surface area contributed by atoms with E-state index in [0.717, 1.165) is 25.7 Å². The number of hydrogen-bond acceptors (Lipinski definition) is 2. The molecule has 2 N–H and O–H groups in total. The van der Waals surface area contributed by atoms with Crippen molar-refractivity contribution in [2.45, 2.75) is 43.9 Å². The zero-order chi connectivity index (χ0) is 14.6. The van der Waals surface area contributed by atoms with Gasteiger partial charge in [0.2, 0.25) is 0 Å². The highest BCUT2D eigenvalue weighted by Crippen LogP contribution is 2.28. The Hall–Kier alpha value is -1.73. The van der Waals surface area contributed by atoms with Crippen LogP contribution in [0.25, 0.3) is 0 Å². The fraction of sp³-hybridized carbons (Fsp3) is 0.667. The van der Waals surface area contributed by atoms with Crippen molar-refractivity contribution >= 4 is 6.03 Å². The lowest BCUT2D eigenvalue weighted by Gasteiger charge is -2.32. The molecule has 1 aromatic heterocycles. The second-order valence-corrected chi connectivity index (χ2v) is 4.89. The number of alkyl halides is 3. The highest BCUT2D eigenvalue weighted by Gasteiger charge is 2.30. The van der Waals surface area contributed by atoms with Gasteiger partial charge in [-0.05, 0) is 18.9 Å². The van der Waals surface area contributed by atoms with Crippen LogP contribution in [0, 0.1) is 0 Å². The van der Waals surface area contributed by atoms with E-state index in [4.69, 9.17) is 0 Å². The van der Waals surface area contributed by atoms with E-state index in [1.165, 1.54) is 0 Å². The molecule has 1 heterocycles. The standard InChI is InChI=1S/C12H17F3N4O/c13-12(14,15)8-16-11(20)18-9-4-1-2-5-10(9)19-7-3-6-17-19/h3,6-7,9-10H,1-2,4-5,8H2,(H2,16,18,20)/t9-,10+/m1/s1. The van der Waals surface area contributed by atoms with Gasteiger partial charge in [-0.3, -0.25) is 4.68 Å². The number of carbonyl (C=O) groups excluding carboxylic acids is 1. The van der Waals surface area contributed by atoms with Crippen molar-refractivity contribution in [1.82, 2.24) is 20.4 Å². The Balaban J connectivity index is 1.90. The summed E-state index contributed by atoms with van der Waals surface area (Å²) in [5.74, 6) is 0. The van der Waals surface area contributed by atoms with Gasteiger partial charge in [0.05, 0.1) is 12.1 Å². The third kappa shape index (κ3) is 4.14. The van der Waals surface area contributed by atoms with Crippen LogP contribution in [-0.4, -0.2) is 34.6 Å². The Kier molecular flexibility index (Phi) is 4.51. The first kappa shape index (κ1) is 14.7. The molecule has 1 fully saturated rings. The topological polar surface area (TPSA) is 59.0 Å². The molecule has 0 bridgehead atoms. The molecule has 1 saturated carbocycles. The number of rotatable bonds is 3. The summed E-state index contributed by atoms with van der Waals surface area (Å²) < 4.78 is 37.9. The first-order valence-electron chi connectivity index (χ1n) is 6.56. The Morgan fingerprint density at radius 3 is 2.75 bits per heavy atom. The molecule has 1 aliphatic carbocycles. The molecule has 0 unspecified atom stereocenters. The van der Waals surface area contributed by atoms with E-state index in [-0.39, 0.29) is 12.1 Å². The van der Waals surface area contributed by atoms with Crippen LogP contribution in [0.4, 0.5) is 18.0 Å². The van der Waals surface area contributed by atoms with E-state index >= 15 is 0 Å². The number of urea groups is 1. The molecule has 20 heavy (non-hydrogen) atoms. The average molecular weight is 290 g/mol. The summed E-state index contributed by atoms with van der Waals surface area (Å²) in [4.78, 5) is 11.5. The summed E-state index contributed by atoms with van der Waals surface area (Å²) in [5.41, 5.74) is 0. The molecule has 2 amide bonds. The smallest absolute Gasteiger partial charge is 0.333 e. The molecule has 1 aromatic rings. The number of nitrogens with one attached hydrogen (secondary N) is 2. The molecule has 0 radical (unpaired) electrons. The Bertz CT molecular complexity index is 432. The van der Waals surface area contributed by atoms with Crippen molar-refractivity contribution in [3.63, 3.8) is 0 Å². The van der Waals surface area contributed by atoms with Gasteiger partial charge in [0.25, 0.3) is 0 Å². The normalized spacial score (nSPS) is 23.4. The molecule has 1 aliphatic rings. The minimum absolute atomic E-state index is 0.00427. The fourth-order valence-corrected chi connectivity index (χ4v) is 2.47. The molecule has 2 atom stereocenters. The molecule has 0 aliphatic heterocycles. The minimum Gasteiger partial charge on any atom is -0.333 e. The van der Waals surface area contributed by atoms with Crippen molar-refractivity contribution < 1.29 is 18.0 Å². The fourth-order valence-electron chi connectivity index (χ4n) is 2.47. The summed E-state index contributed by atoms with van der Waals surface area (Å²) in [6.07, 6.45) is 2.61. The van der Waals surface area contributed by atoms with Crippen molar-refractivity contribution in [1.29, 1.82) is 0 Å². The molecular weight excluding hydrogens is 273 g/mol. The van der Waals surface area contributed by atoms with Gasteiger partial charge in [0.1, 0.15) is 6.54 Å². The van der Waals surface area contributed by atoms with Crippen molar-refractivity contribution in [3.8, 4) is 0 Å². The van der Waals surface area contributed by atoms with E-state index in [0.29, 0.717) is 0 Å². The quantitative estimate of drug-likeness (QED) is 0.897. The number of amides is 2. The molecular formula is C12H17F3N4O. The SMILES string of the molecule is O=C(NCC(F)(F)F)N[C@@H]1CCCC[C@@H]1n1cccn1. The van der Waals surface area contributed by atoms with Gasteiger partial charge in [0, 0.05) is 12.4 Å². The van der Waals surface area contributed by atoms with Crippen LogP contribution >= 0.6 is 0 Å². The number of carbonyl (C=O) groups is 1. The summed E-state index contributed by atoms with van der Waals surface area (Å²) in [7, 11) is 0. The van der Waals surface area contributed by atoms with E-state index < -0.39 is 18.8 Å². The third-order valence-electron chi connectivity index (χ3n) is 3.36. The molecule has 0 spiro atoms. The average Bonchev–Trinajstić information content (AvgIpc) is 2.90. The van der Waals surface area contributed by atoms with Gasteiger partial charge in [0.15, 0.2) is 0 Å². The van der Waals surface area contributed by atoms with Crippen molar-refractivity contribution in [3.05, 3.63) is 18.5 Å². The van der Waals surface area contributed by atoms with Crippen LogP contribution < -0.4 is 10.6 Å². The Morgan fingerprint density at radius 2 is 2.10 bits per heavy atom. The monoisotopic (exact) mass is 290 g/mol. The molecule has 2 rings (SSSR count). The minimum atomic E-state index is -4.40. The van der Waals surface area contributed by atoms with E-state index in [1.807, 2.05) is 5.32 Å². The largest absolute Gasteiger partial charge is 0.405 e. The molecule has 0 saturated heterocycles. The van der Waals surface area contributed by atoms with Gasteiger partial charge in [-0.25, -0.2) is 4.79 Å². The highest BCUT2D eigenvalue weighted by atomic mass is 19.4. The lowest BCUT2D eigenvalue weighted by atomic mass is 9.90. The number of aromatic nitrogens is 2. The Labute approximate surface area is 114 Å². The van der Waals surface area contributed by atoms with Gasteiger partial charge in [-0.2, -0.15) is 18.3 Å². The summed E-state index contributed by atoms with van der Waals surface area (Å²) in [6.45, 7) is -1.32. The Morgan fingerprint density at radius 1 is 1.35 bits per heavy atom. The molecule has 5 nitrogen and oxygen atoms in total. The van der Waals surface area contributed by atoms with Crippen molar-refractivity contribution in [2.24, 2.45) is 0 Å². The predicted molar refractivity (Wildman–Crippen MR) is 66.1 cm³/mol. The predicted octanol–water partition coefficient (Wildman–Crippen LogP) is 2.23. The lowest BCUT2D eigenvalue weighted by Crippen LogP contribution is -2.49. The number of hydrogen-bond donors (Lipinski definition) is 2. The first-order chi connectivity index (χ1) is 9.46. The molecule has 112 valence electrons. The summed E-state index contributed by atoms with van der Waals surface area (Å²) >= 11 is 0. The second kappa shape index (κ2) is 6.15. The third-order valence-corrected chi connectivity index (χ3v) is 3.36. The van der Waals surface area contributed by atoms with Crippen molar-refractivity contribution in [2.75, 3.05) is 6.54 Å². The number of nitrogens with zero attached hydrogens (tertiary/aromatic N) is 2. The zero-order valence-corrected chi connectivity index (χ0v) is 10.9. The molecule has 8 heteroatoms. The zero-order valence-electron chi connectivity index (χ0n) is 10.9. The van der Waals surface area contributed by atoms with Gasteiger partial charge < -0.3 is 10.6 Å². The lowest BCUT2D eigenvalue weighted by molar-refractivity contribution is -0.122. The van der Waals surface area contributed by atoms with Crippen LogP contribution in [0.3, 0.4) is 0 Å². The molecule has 0 aromatic carbocycles. The van der Waals surface area contributed by atoms with Crippen LogP contribution in [0.15, 0.2) is 18.5 Å². The van der Waals surface area contributed by atoms with E-state index in [9.17, 15) is 18.0 Å². The summed E-state index contributed by atoms with van der Waals surface area (Å²) in [6, 6.07) is 0.800. The van der Waals surface area contributed by atoms with Gasteiger partial charge in [-0.15, -0.1) is 0 Å². The van der Waals surface area contributed by atoms with Gasteiger partial charge in [-0.1, -0.05) is 12.8 Å². The summed E-state index contributed by atoms with van der Waals surface area (Å²) in [5, 5.41) is 8.60. The maximum atomic E-state index is 12.0. The van der Waals surface area contributed by atoms with Gasteiger partial charge >= 0.3 is 12.2 Å². The maximum absolute atomic E-state index is 12.0. The maximum Gasteiger partial charge on any atom is 0.405 e.